The Morgan fingerprint density at radius 1 is 1.35 bits per heavy atom. The molecular weight excluding hydrogens is 256 g/mol. The minimum Gasteiger partial charge on any atom is -0.363 e. The summed E-state index contributed by atoms with van der Waals surface area (Å²) in [5, 5.41) is 3.35. The first-order valence-corrected chi connectivity index (χ1v) is 6.29. The predicted molar refractivity (Wildman–Crippen MR) is 76.1 cm³/mol. The van der Waals surface area contributed by atoms with Crippen molar-refractivity contribution < 1.29 is 0 Å². The van der Waals surface area contributed by atoms with Gasteiger partial charge in [0.2, 0.25) is 0 Å². The minimum atomic E-state index is 0.172. The van der Waals surface area contributed by atoms with Gasteiger partial charge in [-0.15, -0.1) is 0 Å². The fourth-order valence-corrected chi connectivity index (χ4v) is 2.09. The van der Waals surface area contributed by atoms with E-state index in [-0.39, 0.29) is 6.04 Å². The number of anilines is 2. The summed E-state index contributed by atoms with van der Waals surface area (Å²) < 4.78 is 3.87. The number of rotatable bonds is 5. The Kier molecular flexibility index (Phi) is 3.21. The smallest absolute Gasteiger partial charge is 0.180 e. The molecule has 8 heteroatoms. The minimum absolute atomic E-state index is 0.172. The number of nitrogens with two attached hydrogens (primary N) is 1. The van der Waals surface area contributed by atoms with Crippen LogP contribution in [-0.4, -0.2) is 30.0 Å². The lowest BCUT2D eigenvalue weighted by atomic mass is 10.3. The molecule has 3 aromatic heterocycles. The highest BCUT2D eigenvalue weighted by molar-refractivity contribution is 5.65. The molecule has 1 unspecified atom stereocenters. The van der Waals surface area contributed by atoms with E-state index in [1.165, 1.54) is 0 Å². The highest BCUT2D eigenvalue weighted by Gasteiger charge is 2.10. The SMILES string of the molecule is CC(Cn1ccnc1)Nc1nc(NN)cn2ccnc12. The number of aromatic nitrogens is 5. The number of nitrogen functional groups attached to an aromatic ring is 1. The fourth-order valence-electron chi connectivity index (χ4n) is 2.09. The van der Waals surface area contributed by atoms with Crippen LogP contribution in [0.4, 0.5) is 11.6 Å². The van der Waals surface area contributed by atoms with Gasteiger partial charge < -0.3 is 19.7 Å². The van der Waals surface area contributed by atoms with Gasteiger partial charge in [-0.25, -0.2) is 20.8 Å². The lowest BCUT2D eigenvalue weighted by molar-refractivity contribution is 0.617. The lowest BCUT2D eigenvalue weighted by Crippen LogP contribution is -2.23. The third kappa shape index (κ3) is 2.41. The van der Waals surface area contributed by atoms with E-state index in [4.69, 9.17) is 5.84 Å². The molecule has 0 spiro atoms. The van der Waals surface area contributed by atoms with E-state index < -0.39 is 0 Å². The zero-order valence-corrected chi connectivity index (χ0v) is 11.1. The zero-order chi connectivity index (χ0) is 13.9. The lowest BCUT2D eigenvalue weighted by Gasteiger charge is -2.16. The van der Waals surface area contributed by atoms with Crippen LogP contribution in [-0.2, 0) is 6.54 Å². The molecule has 3 heterocycles. The highest BCUT2D eigenvalue weighted by atomic mass is 15.3. The number of hydrazine groups is 1. The Morgan fingerprint density at radius 3 is 3.00 bits per heavy atom. The molecule has 0 aliphatic carbocycles. The van der Waals surface area contributed by atoms with Gasteiger partial charge in [-0.05, 0) is 6.92 Å². The maximum absolute atomic E-state index is 5.43. The van der Waals surface area contributed by atoms with E-state index in [0.29, 0.717) is 11.6 Å². The molecule has 20 heavy (non-hydrogen) atoms. The van der Waals surface area contributed by atoms with Crippen molar-refractivity contribution >= 4 is 17.3 Å². The number of hydrogen-bond donors (Lipinski definition) is 3. The normalized spacial score (nSPS) is 12.5. The van der Waals surface area contributed by atoms with Gasteiger partial charge in [0, 0.05) is 37.4 Å². The van der Waals surface area contributed by atoms with Crippen LogP contribution in [0.15, 0.2) is 37.3 Å². The van der Waals surface area contributed by atoms with Gasteiger partial charge >= 0.3 is 0 Å². The molecular formula is C12H16N8. The van der Waals surface area contributed by atoms with Gasteiger partial charge in [-0.2, -0.15) is 0 Å². The zero-order valence-electron chi connectivity index (χ0n) is 11.1. The standard InChI is InChI=1S/C12H16N8/c1-9(6-19-4-2-14-8-19)16-11-12-15-3-5-20(12)7-10(17-11)18-13/h2-5,7-9,18H,6,13H2,1H3,(H,16,17). The molecule has 1 atom stereocenters. The van der Waals surface area contributed by atoms with E-state index >= 15 is 0 Å². The van der Waals surface area contributed by atoms with Crippen LogP contribution in [0.25, 0.3) is 5.65 Å². The average molecular weight is 272 g/mol. The number of fused-ring (bicyclic) bond motifs is 1. The van der Waals surface area contributed by atoms with Crippen molar-refractivity contribution in [1.82, 2.24) is 23.9 Å². The molecule has 3 aromatic rings. The van der Waals surface area contributed by atoms with Crippen molar-refractivity contribution in [2.75, 3.05) is 10.7 Å². The molecule has 0 aromatic carbocycles. The molecule has 0 aliphatic rings. The molecule has 104 valence electrons. The predicted octanol–water partition coefficient (Wildman–Crippen LogP) is 0.712. The Balaban J connectivity index is 1.84. The highest BCUT2D eigenvalue weighted by Crippen LogP contribution is 2.16. The van der Waals surface area contributed by atoms with E-state index in [1.807, 2.05) is 21.4 Å². The van der Waals surface area contributed by atoms with E-state index in [0.717, 1.165) is 12.2 Å². The Labute approximate surface area is 115 Å². The molecule has 0 aliphatic heterocycles. The van der Waals surface area contributed by atoms with E-state index in [2.05, 4.69) is 32.6 Å². The van der Waals surface area contributed by atoms with E-state index in [1.54, 1.807) is 24.9 Å². The number of nitrogens with one attached hydrogen (secondary N) is 2. The van der Waals surface area contributed by atoms with Crippen LogP contribution in [0, 0.1) is 0 Å². The van der Waals surface area contributed by atoms with Crippen LogP contribution in [0.2, 0.25) is 0 Å². The average Bonchev–Trinajstić information content (AvgIpc) is 3.09. The molecule has 4 N–H and O–H groups in total. The topological polar surface area (TPSA) is 98.1 Å². The summed E-state index contributed by atoms with van der Waals surface area (Å²) in [4.78, 5) is 12.7. The molecule has 0 amide bonds. The second-order valence-electron chi connectivity index (χ2n) is 4.58. The quantitative estimate of drug-likeness (QED) is 0.467. The molecule has 3 rings (SSSR count). The first kappa shape index (κ1) is 12.4. The Bertz CT molecular complexity index is 687. The second-order valence-corrected chi connectivity index (χ2v) is 4.58. The maximum atomic E-state index is 5.43. The largest absolute Gasteiger partial charge is 0.363 e. The van der Waals surface area contributed by atoms with Crippen molar-refractivity contribution in [3.63, 3.8) is 0 Å². The first-order valence-electron chi connectivity index (χ1n) is 6.29. The second kappa shape index (κ2) is 5.17. The van der Waals surface area contributed by atoms with Crippen molar-refractivity contribution in [1.29, 1.82) is 0 Å². The maximum Gasteiger partial charge on any atom is 0.180 e. The molecule has 0 radical (unpaired) electrons. The summed E-state index contributed by atoms with van der Waals surface area (Å²) in [6, 6.07) is 0.172. The first-order chi connectivity index (χ1) is 9.76. The van der Waals surface area contributed by atoms with Crippen molar-refractivity contribution in [2.45, 2.75) is 19.5 Å². The summed E-state index contributed by atoms with van der Waals surface area (Å²) in [5.41, 5.74) is 3.32. The summed E-state index contributed by atoms with van der Waals surface area (Å²) in [6.45, 7) is 2.86. The molecule has 0 saturated heterocycles. The van der Waals surface area contributed by atoms with Crippen molar-refractivity contribution in [3.8, 4) is 0 Å². The fraction of sp³-hybridized carbons (Fsp3) is 0.250. The number of nitrogens with zero attached hydrogens (tertiary/aromatic N) is 5. The van der Waals surface area contributed by atoms with Gasteiger partial charge in [0.05, 0.1) is 12.5 Å². The molecule has 0 bridgehead atoms. The number of hydrogen-bond acceptors (Lipinski definition) is 6. The van der Waals surface area contributed by atoms with Crippen LogP contribution in [0.1, 0.15) is 6.92 Å². The van der Waals surface area contributed by atoms with Crippen LogP contribution in [0.3, 0.4) is 0 Å². The van der Waals surface area contributed by atoms with Crippen molar-refractivity contribution in [3.05, 3.63) is 37.3 Å². The molecule has 0 saturated carbocycles. The summed E-state index contributed by atoms with van der Waals surface area (Å²) in [5.74, 6) is 6.70. The van der Waals surface area contributed by atoms with Gasteiger partial charge in [-0.1, -0.05) is 0 Å². The third-order valence-electron chi connectivity index (χ3n) is 2.95. The molecule has 0 fully saturated rings. The monoisotopic (exact) mass is 272 g/mol. The van der Waals surface area contributed by atoms with Crippen LogP contribution in [0.5, 0.6) is 0 Å². The van der Waals surface area contributed by atoms with Gasteiger partial charge in [0.25, 0.3) is 0 Å². The van der Waals surface area contributed by atoms with Crippen molar-refractivity contribution in [2.24, 2.45) is 5.84 Å². The van der Waals surface area contributed by atoms with Crippen LogP contribution >= 0.6 is 0 Å². The number of imidazole rings is 2. The summed E-state index contributed by atoms with van der Waals surface area (Å²) in [7, 11) is 0. The van der Waals surface area contributed by atoms with Crippen LogP contribution < -0.4 is 16.6 Å². The van der Waals surface area contributed by atoms with Gasteiger partial charge in [0.15, 0.2) is 17.3 Å². The Morgan fingerprint density at radius 2 is 2.25 bits per heavy atom. The molecule has 8 nitrogen and oxygen atoms in total. The Hall–Kier alpha value is -2.61. The summed E-state index contributed by atoms with van der Waals surface area (Å²) >= 11 is 0. The third-order valence-corrected chi connectivity index (χ3v) is 2.95. The van der Waals surface area contributed by atoms with Gasteiger partial charge in [-0.3, -0.25) is 0 Å². The summed E-state index contributed by atoms with van der Waals surface area (Å²) in [6.07, 6.45) is 10.8. The van der Waals surface area contributed by atoms with E-state index in [9.17, 15) is 0 Å². The van der Waals surface area contributed by atoms with Gasteiger partial charge in [0.1, 0.15) is 0 Å².